The first-order valence-corrected chi connectivity index (χ1v) is 7.14. The van der Waals surface area contributed by atoms with Crippen LogP contribution in [0.25, 0.3) is 0 Å². The van der Waals surface area contributed by atoms with E-state index in [1.165, 1.54) is 5.56 Å². The van der Waals surface area contributed by atoms with E-state index in [2.05, 4.69) is 53.7 Å². The van der Waals surface area contributed by atoms with Crippen molar-refractivity contribution < 1.29 is 5.11 Å². The van der Waals surface area contributed by atoms with Crippen molar-refractivity contribution in [2.75, 3.05) is 6.54 Å². The van der Waals surface area contributed by atoms with Gasteiger partial charge in [0, 0.05) is 0 Å². The van der Waals surface area contributed by atoms with Crippen LogP contribution in [0.2, 0.25) is 0 Å². The van der Waals surface area contributed by atoms with Crippen molar-refractivity contribution in [1.29, 1.82) is 0 Å². The zero-order valence-corrected chi connectivity index (χ0v) is 13.3. The lowest BCUT2D eigenvalue weighted by atomic mass is 9.78. The molecule has 0 unspecified atom stereocenters. The average Bonchev–Trinajstić information content (AvgIpc) is 2.24. The second kappa shape index (κ2) is 5.54. The molecule has 0 spiro atoms. The first-order valence-electron chi connectivity index (χ1n) is 7.14. The second-order valence-electron chi connectivity index (χ2n) is 7.42. The van der Waals surface area contributed by atoms with Gasteiger partial charge in [0.2, 0.25) is 0 Å². The molecule has 1 rings (SSSR count). The minimum atomic E-state index is -0.0528. The Morgan fingerprint density at radius 3 is 2.00 bits per heavy atom. The van der Waals surface area contributed by atoms with Crippen LogP contribution < -0.4 is 5.73 Å². The smallest absolute Gasteiger partial charge is 0.122 e. The third-order valence-corrected chi connectivity index (χ3v) is 3.51. The second-order valence-corrected chi connectivity index (χ2v) is 7.42. The predicted octanol–water partition coefficient (Wildman–Crippen LogP) is 3.88. The highest BCUT2D eigenvalue weighted by molar-refractivity contribution is 5.48. The van der Waals surface area contributed by atoms with Gasteiger partial charge in [0.05, 0.1) is 0 Å². The van der Waals surface area contributed by atoms with Gasteiger partial charge in [0.25, 0.3) is 0 Å². The zero-order chi connectivity index (χ0) is 14.8. The minimum Gasteiger partial charge on any atom is -0.507 e. The van der Waals surface area contributed by atoms with Crippen LogP contribution >= 0.6 is 0 Å². The Kier molecular flexibility index (Phi) is 4.67. The average molecular weight is 263 g/mol. The Morgan fingerprint density at radius 2 is 1.58 bits per heavy atom. The molecule has 108 valence electrons. The summed E-state index contributed by atoms with van der Waals surface area (Å²) in [4.78, 5) is 0. The van der Waals surface area contributed by atoms with E-state index in [0.29, 0.717) is 12.3 Å². The fourth-order valence-corrected chi connectivity index (χ4v) is 2.18. The number of nitrogens with two attached hydrogens (primary N) is 1. The Labute approximate surface area is 118 Å². The van der Waals surface area contributed by atoms with Gasteiger partial charge >= 0.3 is 0 Å². The zero-order valence-electron chi connectivity index (χ0n) is 13.3. The molecule has 0 amide bonds. The molecule has 3 N–H and O–H groups in total. The largest absolute Gasteiger partial charge is 0.507 e. The highest BCUT2D eigenvalue weighted by Crippen LogP contribution is 2.37. The molecular formula is C17H29NO. The standard InChI is InChI=1S/C17H29NO/c1-16(2,3)13-10-12(8-7-9-18)15(19)14(11-13)17(4,5)6/h10-11,19H,7-9,18H2,1-6H3. The van der Waals surface area contributed by atoms with Crippen molar-refractivity contribution >= 4 is 0 Å². The summed E-state index contributed by atoms with van der Waals surface area (Å²) >= 11 is 0. The van der Waals surface area contributed by atoms with Crippen LogP contribution in [0.15, 0.2) is 12.1 Å². The number of phenols is 1. The van der Waals surface area contributed by atoms with Gasteiger partial charge in [0.15, 0.2) is 0 Å². The highest BCUT2D eigenvalue weighted by Gasteiger charge is 2.24. The number of aromatic hydroxyl groups is 1. The Bertz CT molecular complexity index is 436. The predicted molar refractivity (Wildman–Crippen MR) is 82.9 cm³/mol. The van der Waals surface area contributed by atoms with Crippen LogP contribution in [-0.4, -0.2) is 11.7 Å². The van der Waals surface area contributed by atoms with Gasteiger partial charge in [-0.1, -0.05) is 53.7 Å². The van der Waals surface area contributed by atoms with E-state index >= 15 is 0 Å². The molecule has 0 radical (unpaired) electrons. The topological polar surface area (TPSA) is 46.2 Å². The van der Waals surface area contributed by atoms with Gasteiger partial charge in [0.1, 0.15) is 5.75 Å². The lowest BCUT2D eigenvalue weighted by Crippen LogP contribution is -2.17. The minimum absolute atomic E-state index is 0.0528. The van der Waals surface area contributed by atoms with Gasteiger partial charge in [-0.05, 0) is 46.9 Å². The SMILES string of the molecule is CC(C)(C)c1cc(CCCN)c(O)c(C(C)(C)C)c1. The molecule has 0 saturated carbocycles. The van der Waals surface area contributed by atoms with Crippen molar-refractivity contribution in [2.45, 2.75) is 65.2 Å². The van der Waals surface area contributed by atoms with Crippen molar-refractivity contribution in [3.05, 3.63) is 28.8 Å². The summed E-state index contributed by atoms with van der Waals surface area (Å²) in [6.45, 7) is 13.7. The molecule has 2 nitrogen and oxygen atoms in total. The van der Waals surface area contributed by atoms with E-state index in [1.807, 2.05) is 0 Å². The molecule has 0 fully saturated rings. The van der Waals surface area contributed by atoms with E-state index in [0.717, 1.165) is 24.0 Å². The van der Waals surface area contributed by atoms with Crippen LogP contribution in [0.5, 0.6) is 5.75 Å². The van der Waals surface area contributed by atoms with Gasteiger partial charge in [-0.15, -0.1) is 0 Å². The summed E-state index contributed by atoms with van der Waals surface area (Å²) in [6.07, 6.45) is 1.75. The van der Waals surface area contributed by atoms with Crippen molar-refractivity contribution in [3.8, 4) is 5.75 Å². The Hall–Kier alpha value is -1.02. The summed E-state index contributed by atoms with van der Waals surface area (Å²) in [5, 5.41) is 10.5. The third kappa shape index (κ3) is 3.97. The fourth-order valence-electron chi connectivity index (χ4n) is 2.18. The monoisotopic (exact) mass is 263 g/mol. The maximum atomic E-state index is 10.5. The molecule has 0 bridgehead atoms. The van der Waals surface area contributed by atoms with Gasteiger partial charge in [-0.25, -0.2) is 0 Å². The van der Waals surface area contributed by atoms with E-state index in [4.69, 9.17) is 5.73 Å². The van der Waals surface area contributed by atoms with E-state index in [-0.39, 0.29) is 10.8 Å². The molecule has 0 atom stereocenters. The fraction of sp³-hybridized carbons (Fsp3) is 0.647. The van der Waals surface area contributed by atoms with Crippen LogP contribution in [0, 0.1) is 0 Å². The number of hydrogen-bond acceptors (Lipinski definition) is 2. The van der Waals surface area contributed by atoms with Crippen LogP contribution in [0.1, 0.15) is 64.7 Å². The Morgan fingerprint density at radius 1 is 1.00 bits per heavy atom. The highest BCUT2D eigenvalue weighted by atomic mass is 16.3. The molecule has 0 saturated heterocycles. The first kappa shape index (κ1) is 16.0. The van der Waals surface area contributed by atoms with Crippen molar-refractivity contribution in [1.82, 2.24) is 0 Å². The lowest BCUT2D eigenvalue weighted by molar-refractivity contribution is 0.437. The van der Waals surface area contributed by atoms with Gasteiger partial charge in [-0.2, -0.15) is 0 Å². The molecule has 0 aliphatic carbocycles. The molecule has 0 aromatic heterocycles. The number of aryl methyl sites for hydroxylation is 1. The third-order valence-electron chi connectivity index (χ3n) is 3.51. The molecule has 19 heavy (non-hydrogen) atoms. The summed E-state index contributed by atoms with van der Waals surface area (Å²) in [6, 6.07) is 4.29. The number of benzene rings is 1. The molecule has 1 aromatic rings. The quantitative estimate of drug-likeness (QED) is 0.869. The molecule has 2 heteroatoms. The molecule has 0 aliphatic heterocycles. The van der Waals surface area contributed by atoms with Gasteiger partial charge < -0.3 is 10.8 Å². The molecular weight excluding hydrogens is 234 g/mol. The molecule has 0 heterocycles. The first-order chi connectivity index (χ1) is 8.57. The summed E-state index contributed by atoms with van der Waals surface area (Å²) < 4.78 is 0. The maximum Gasteiger partial charge on any atom is 0.122 e. The van der Waals surface area contributed by atoms with Gasteiger partial charge in [-0.3, -0.25) is 0 Å². The lowest BCUT2D eigenvalue weighted by Gasteiger charge is -2.27. The summed E-state index contributed by atoms with van der Waals surface area (Å²) in [5.74, 6) is 0.453. The van der Waals surface area contributed by atoms with Crippen molar-refractivity contribution in [3.63, 3.8) is 0 Å². The van der Waals surface area contributed by atoms with E-state index < -0.39 is 0 Å². The van der Waals surface area contributed by atoms with Crippen molar-refractivity contribution in [2.24, 2.45) is 5.73 Å². The normalized spacial score (nSPS) is 12.8. The Balaban J connectivity index is 3.39. The number of phenolic OH excluding ortho intramolecular Hbond substituents is 1. The summed E-state index contributed by atoms with van der Waals surface area (Å²) in [7, 11) is 0. The van der Waals surface area contributed by atoms with E-state index in [1.54, 1.807) is 0 Å². The molecule has 1 aromatic carbocycles. The van der Waals surface area contributed by atoms with Crippen LogP contribution in [-0.2, 0) is 17.3 Å². The van der Waals surface area contributed by atoms with Crippen LogP contribution in [0.3, 0.4) is 0 Å². The van der Waals surface area contributed by atoms with E-state index in [9.17, 15) is 5.11 Å². The maximum absolute atomic E-state index is 10.5. The number of rotatable bonds is 3. The number of hydrogen-bond donors (Lipinski definition) is 2. The molecule has 0 aliphatic rings. The summed E-state index contributed by atoms with van der Waals surface area (Å²) in [5.41, 5.74) is 8.97. The van der Waals surface area contributed by atoms with Crippen LogP contribution in [0.4, 0.5) is 0 Å².